The highest BCUT2D eigenvalue weighted by Gasteiger charge is 2.02. The zero-order valence-electron chi connectivity index (χ0n) is 14.2. The molecule has 0 saturated heterocycles. The number of ether oxygens (including phenoxy) is 1. The molecule has 0 aliphatic heterocycles. The van der Waals surface area contributed by atoms with Crippen molar-refractivity contribution in [1.29, 1.82) is 0 Å². The topological polar surface area (TPSA) is 33.6 Å². The Balaban J connectivity index is 1.62. The number of anilines is 1. The van der Waals surface area contributed by atoms with Crippen molar-refractivity contribution >= 4 is 11.9 Å². The number of aryl methyl sites for hydroxylation is 2. The van der Waals surface area contributed by atoms with Gasteiger partial charge in [-0.05, 0) is 85.1 Å². The predicted molar refractivity (Wildman–Crippen MR) is 100 cm³/mol. The maximum atomic E-state index is 12.8. The molecule has 0 unspecified atom stereocenters. The number of benzene rings is 3. The molecule has 1 N–H and O–H groups in total. The number of nitrogens with zero attached hydrogens (tertiary/aromatic N) is 1. The first-order valence-corrected chi connectivity index (χ1v) is 8.00. The molecule has 25 heavy (non-hydrogen) atoms. The fraction of sp³-hybridized carbons (Fsp3) is 0.0952. The lowest BCUT2D eigenvalue weighted by Crippen LogP contribution is -1.91. The fourth-order valence-electron chi connectivity index (χ4n) is 2.27. The molecule has 3 aromatic rings. The Morgan fingerprint density at radius 3 is 2.36 bits per heavy atom. The maximum Gasteiger partial charge on any atom is 0.130 e. The number of hydrogen-bond acceptors (Lipinski definition) is 3. The van der Waals surface area contributed by atoms with Crippen LogP contribution in [0.1, 0.15) is 16.7 Å². The van der Waals surface area contributed by atoms with Crippen LogP contribution in [0.2, 0.25) is 0 Å². The van der Waals surface area contributed by atoms with E-state index in [0.717, 1.165) is 33.9 Å². The van der Waals surface area contributed by atoms with Crippen LogP contribution in [-0.2, 0) is 0 Å². The SMILES string of the molecule is Cc1ccc(C)c(Oc2ccc(C=NNc3ccc(F)cc3)cc2)c1. The van der Waals surface area contributed by atoms with E-state index < -0.39 is 0 Å². The summed E-state index contributed by atoms with van der Waals surface area (Å²) in [4.78, 5) is 0. The van der Waals surface area contributed by atoms with Crippen molar-refractivity contribution in [2.75, 3.05) is 5.43 Å². The van der Waals surface area contributed by atoms with Gasteiger partial charge in [0.15, 0.2) is 0 Å². The normalized spacial score (nSPS) is 10.8. The summed E-state index contributed by atoms with van der Waals surface area (Å²) < 4.78 is 18.8. The van der Waals surface area contributed by atoms with Gasteiger partial charge < -0.3 is 4.74 Å². The molecule has 4 heteroatoms. The van der Waals surface area contributed by atoms with Gasteiger partial charge in [0.1, 0.15) is 17.3 Å². The molecule has 0 fully saturated rings. The third-order valence-corrected chi connectivity index (χ3v) is 3.70. The first-order valence-electron chi connectivity index (χ1n) is 8.00. The smallest absolute Gasteiger partial charge is 0.130 e. The highest BCUT2D eigenvalue weighted by atomic mass is 19.1. The predicted octanol–water partition coefficient (Wildman–Crippen LogP) is 5.68. The maximum absolute atomic E-state index is 12.8. The summed E-state index contributed by atoms with van der Waals surface area (Å²) in [5.74, 6) is 1.37. The molecule has 0 amide bonds. The molecule has 0 heterocycles. The van der Waals surface area contributed by atoms with Crippen molar-refractivity contribution < 1.29 is 9.13 Å². The van der Waals surface area contributed by atoms with Crippen molar-refractivity contribution in [2.24, 2.45) is 5.10 Å². The highest BCUT2D eigenvalue weighted by Crippen LogP contribution is 2.26. The molecule has 0 aliphatic rings. The second-order valence-corrected chi connectivity index (χ2v) is 5.82. The van der Waals surface area contributed by atoms with E-state index >= 15 is 0 Å². The van der Waals surface area contributed by atoms with E-state index in [2.05, 4.69) is 16.6 Å². The van der Waals surface area contributed by atoms with Gasteiger partial charge in [0.25, 0.3) is 0 Å². The summed E-state index contributed by atoms with van der Waals surface area (Å²) in [7, 11) is 0. The van der Waals surface area contributed by atoms with Gasteiger partial charge in [-0.2, -0.15) is 5.10 Å². The van der Waals surface area contributed by atoms with E-state index in [0.29, 0.717) is 0 Å². The third kappa shape index (κ3) is 4.67. The van der Waals surface area contributed by atoms with Gasteiger partial charge in [0.05, 0.1) is 11.9 Å². The number of nitrogens with one attached hydrogen (secondary N) is 1. The Hall–Kier alpha value is -3.14. The largest absolute Gasteiger partial charge is 0.457 e. The van der Waals surface area contributed by atoms with Crippen LogP contribution in [0.15, 0.2) is 71.8 Å². The third-order valence-electron chi connectivity index (χ3n) is 3.70. The van der Waals surface area contributed by atoms with Crippen LogP contribution in [0.3, 0.4) is 0 Å². The molecule has 0 atom stereocenters. The van der Waals surface area contributed by atoms with E-state index in [1.165, 1.54) is 12.1 Å². The Morgan fingerprint density at radius 1 is 0.920 bits per heavy atom. The summed E-state index contributed by atoms with van der Waals surface area (Å²) >= 11 is 0. The molecule has 0 aliphatic carbocycles. The van der Waals surface area contributed by atoms with Gasteiger partial charge in [0, 0.05) is 0 Å². The van der Waals surface area contributed by atoms with Gasteiger partial charge >= 0.3 is 0 Å². The lowest BCUT2D eigenvalue weighted by atomic mass is 10.1. The summed E-state index contributed by atoms with van der Waals surface area (Å²) in [6, 6.07) is 19.8. The van der Waals surface area contributed by atoms with Gasteiger partial charge in [0.2, 0.25) is 0 Å². The second-order valence-electron chi connectivity index (χ2n) is 5.82. The highest BCUT2D eigenvalue weighted by molar-refractivity contribution is 5.80. The average Bonchev–Trinajstić information content (AvgIpc) is 2.61. The molecule has 3 nitrogen and oxygen atoms in total. The van der Waals surface area contributed by atoms with Crippen LogP contribution in [0.25, 0.3) is 0 Å². The molecule has 3 rings (SSSR count). The van der Waals surface area contributed by atoms with E-state index in [1.54, 1.807) is 18.3 Å². The van der Waals surface area contributed by atoms with Crippen LogP contribution in [-0.4, -0.2) is 6.21 Å². The molecule has 0 aromatic heterocycles. The van der Waals surface area contributed by atoms with Crippen molar-refractivity contribution in [1.82, 2.24) is 0 Å². The zero-order valence-corrected chi connectivity index (χ0v) is 14.2. The molecule has 0 radical (unpaired) electrons. The van der Waals surface area contributed by atoms with Crippen molar-refractivity contribution in [3.63, 3.8) is 0 Å². The minimum atomic E-state index is -0.269. The Kier molecular flexibility index (Phi) is 5.09. The summed E-state index contributed by atoms with van der Waals surface area (Å²) in [6.45, 7) is 4.07. The quantitative estimate of drug-likeness (QED) is 0.481. The van der Waals surface area contributed by atoms with Crippen LogP contribution in [0.5, 0.6) is 11.5 Å². The van der Waals surface area contributed by atoms with E-state index in [4.69, 9.17) is 4.74 Å². The zero-order chi connectivity index (χ0) is 17.6. The fourth-order valence-corrected chi connectivity index (χ4v) is 2.27. The lowest BCUT2D eigenvalue weighted by Gasteiger charge is -2.09. The standard InChI is InChI=1S/C21H19FN2O/c1-15-3-4-16(2)21(13-15)25-20-11-5-17(6-12-20)14-23-24-19-9-7-18(22)8-10-19/h3-14,24H,1-2H3. The lowest BCUT2D eigenvalue weighted by molar-refractivity contribution is 0.478. The summed E-state index contributed by atoms with van der Waals surface area (Å²) in [5, 5.41) is 4.14. The average molecular weight is 334 g/mol. The van der Waals surface area contributed by atoms with E-state index in [-0.39, 0.29) is 5.82 Å². The number of rotatable bonds is 5. The molecule has 0 saturated carbocycles. The minimum absolute atomic E-state index is 0.269. The summed E-state index contributed by atoms with van der Waals surface area (Å²) in [6.07, 6.45) is 1.70. The first kappa shape index (κ1) is 16.7. The molecule has 0 bridgehead atoms. The second kappa shape index (κ2) is 7.62. The molecular weight excluding hydrogens is 315 g/mol. The summed E-state index contributed by atoms with van der Waals surface area (Å²) in [5.41, 5.74) is 6.78. The van der Waals surface area contributed by atoms with Gasteiger partial charge in [-0.1, -0.05) is 12.1 Å². The van der Waals surface area contributed by atoms with Crippen molar-refractivity contribution in [3.8, 4) is 11.5 Å². The van der Waals surface area contributed by atoms with Crippen LogP contribution in [0.4, 0.5) is 10.1 Å². The minimum Gasteiger partial charge on any atom is -0.457 e. The number of halogens is 1. The van der Waals surface area contributed by atoms with Gasteiger partial charge in [-0.25, -0.2) is 4.39 Å². The van der Waals surface area contributed by atoms with Crippen LogP contribution < -0.4 is 10.2 Å². The monoisotopic (exact) mass is 334 g/mol. The molecule has 0 spiro atoms. The first-order chi connectivity index (χ1) is 12.1. The van der Waals surface area contributed by atoms with E-state index in [9.17, 15) is 4.39 Å². The van der Waals surface area contributed by atoms with Crippen molar-refractivity contribution in [3.05, 3.63) is 89.2 Å². The van der Waals surface area contributed by atoms with Crippen molar-refractivity contribution in [2.45, 2.75) is 13.8 Å². The van der Waals surface area contributed by atoms with Crippen LogP contribution in [0, 0.1) is 19.7 Å². The Labute approximate surface area is 146 Å². The van der Waals surface area contributed by atoms with Gasteiger partial charge in [-0.15, -0.1) is 0 Å². The Morgan fingerprint density at radius 2 is 1.64 bits per heavy atom. The number of hydrazone groups is 1. The number of hydrogen-bond donors (Lipinski definition) is 1. The van der Waals surface area contributed by atoms with E-state index in [1.807, 2.05) is 50.2 Å². The van der Waals surface area contributed by atoms with Crippen LogP contribution >= 0.6 is 0 Å². The van der Waals surface area contributed by atoms with Gasteiger partial charge in [-0.3, -0.25) is 5.43 Å². The Bertz CT molecular complexity index is 871. The molecular formula is C21H19FN2O. The molecule has 3 aromatic carbocycles. The molecule has 126 valence electrons.